The molecule has 0 aromatic carbocycles. The minimum absolute atomic E-state index is 0.273. The van der Waals surface area contributed by atoms with Crippen LogP contribution in [-0.4, -0.2) is 45.2 Å². The van der Waals surface area contributed by atoms with Crippen LogP contribution in [0.4, 0.5) is 17.6 Å². The number of nitrogens with one attached hydrogen (secondary N) is 3. The number of H-pyrrole nitrogens is 1. The predicted octanol–water partition coefficient (Wildman–Crippen LogP) is 4.78. The van der Waals surface area contributed by atoms with Crippen molar-refractivity contribution in [3.8, 4) is 0 Å². The van der Waals surface area contributed by atoms with Gasteiger partial charge in [-0.3, -0.25) is 9.89 Å². The number of aromatic amines is 1. The van der Waals surface area contributed by atoms with Crippen molar-refractivity contribution >= 4 is 23.4 Å². The van der Waals surface area contributed by atoms with Gasteiger partial charge in [-0.25, -0.2) is 4.98 Å². The van der Waals surface area contributed by atoms with Gasteiger partial charge in [0.25, 0.3) is 0 Å². The van der Waals surface area contributed by atoms with Crippen LogP contribution < -0.4 is 10.6 Å². The van der Waals surface area contributed by atoms with Crippen molar-refractivity contribution in [3.63, 3.8) is 0 Å². The van der Waals surface area contributed by atoms with Gasteiger partial charge in [0.05, 0.1) is 6.10 Å². The number of ketones is 1. The van der Waals surface area contributed by atoms with Gasteiger partial charge < -0.3 is 15.4 Å². The summed E-state index contributed by atoms with van der Waals surface area (Å²) < 4.78 is 5.63. The fourth-order valence-electron chi connectivity index (χ4n) is 5.22. The van der Waals surface area contributed by atoms with Gasteiger partial charge in [0.1, 0.15) is 11.6 Å². The van der Waals surface area contributed by atoms with E-state index in [1.807, 2.05) is 19.1 Å². The Bertz CT molecular complexity index is 877. The third-order valence-electron chi connectivity index (χ3n) is 6.95. The van der Waals surface area contributed by atoms with E-state index in [1.54, 1.807) is 13.3 Å². The summed E-state index contributed by atoms with van der Waals surface area (Å²) in [5, 5.41) is 13.8. The third-order valence-corrected chi connectivity index (χ3v) is 6.95. The van der Waals surface area contributed by atoms with E-state index in [9.17, 15) is 4.79 Å². The number of hydrogen-bond donors (Lipinski definition) is 3. The SMILES string of the molecule is CO[C@H]1CCCC[C@H]1CC(=O)CC1CCC(Nc2nccc(Nc3cc(C)[nH]n3)n2)CC1. The molecule has 32 heavy (non-hydrogen) atoms. The van der Waals surface area contributed by atoms with E-state index in [4.69, 9.17) is 4.74 Å². The largest absolute Gasteiger partial charge is 0.381 e. The standard InChI is InChI=1S/C24H36N6O2/c1-16-13-23(30-29-16)27-22-11-12-25-24(28-22)26-19-9-7-17(8-10-19)14-20(31)15-18-5-3-4-6-21(18)32-2/h11-13,17-19,21H,3-10,14-15H2,1-2H3,(H3,25,26,27,28,29,30)/t17?,18-,19?,21-/m0/s1. The summed E-state index contributed by atoms with van der Waals surface area (Å²) in [6.07, 6.45) is 12.4. The van der Waals surface area contributed by atoms with E-state index in [0.29, 0.717) is 41.8 Å². The maximum atomic E-state index is 12.7. The van der Waals surface area contributed by atoms with Crippen LogP contribution in [0.5, 0.6) is 0 Å². The van der Waals surface area contributed by atoms with Gasteiger partial charge in [0.2, 0.25) is 5.95 Å². The van der Waals surface area contributed by atoms with E-state index >= 15 is 0 Å². The Balaban J connectivity index is 1.21. The van der Waals surface area contributed by atoms with Crippen LogP contribution in [0.2, 0.25) is 0 Å². The number of hydrogen-bond acceptors (Lipinski definition) is 7. The lowest BCUT2D eigenvalue weighted by Gasteiger charge is -2.31. The van der Waals surface area contributed by atoms with Crippen molar-refractivity contribution in [1.29, 1.82) is 0 Å². The molecule has 0 unspecified atom stereocenters. The molecule has 2 fully saturated rings. The number of carbonyl (C=O) groups is 1. The number of anilines is 3. The molecule has 174 valence electrons. The highest BCUT2D eigenvalue weighted by Gasteiger charge is 2.29. The highest BCUT2D eigenvalue weighted by Crippen LogP contribution is 2.32. The second-order valence-corrected chi connectivity index (χ2v) is 9.45. The molecule has 0 aliphatic heterocycles. The maximum Gasteiger partial charge on any atom is 0.224 e. The van der Waals surface area contributed by atoms with Crippen LogP contribution in [0.1, 0.15) is 69.9 Å². The molecule has 0 bridgehead atoms. The number of methoxy groups -OCH3 is 1. The summed E-state index contributed by atoms with van der Waals surface area (Å²) in [6, 6.07) is 4.11. The summed E-state index contributed by atoms with van der Waals surface area (Å²) in [7, 11) is 1.79. The molecule has 0 amide bonds. The topological polar surface area (TPSA) is 105 Å². The first kappa shape index (κ1) is 22.7. The zero-order valence-corrected chi connectivity index (χ0v) is 19.3. The minimum Gasteiger partial charge on any atom is -0.381 e. The Morgan fingerprint density at radius 2 is 1.94 bits per heavy atom. The molecule has 2 aromatic rings. The highest BCUT2D eigenvalue weighted by molar-refractivity contribution is 5.79. The van der Waals surface area contributed by atoms with Gasteiger partial charge in [0.15, 0.2) is 5.82 Å². The number of Topliss-reactive ketones (excluding diaryl/α,β-unsaturated/α-hetero) is 1. The first-order valence-electron chi connectivity index (χ1n) is 12.0. The van der Waals surface area contributed by atoms with Crippen molar-refractivity contribution in [2.24, 2.45) is 11.8 Å². The number of nitrogens with zero attached hydrogens (tertiary/aromatic N) is 3. The average Bonchev–Trinajstić information content (AvgIpc) is 3.20. The molecule has 8 heteroatoms. The average molecular weight is 441 g/mol. The number of aromatic nitrogens is 4. The van der Waals surface area contributed by atoms with Crippen LogP contribution in [-0.2, 0) is 9.53 Å². The molecule has 2 saturated carbocycles. The smallest absolute Gasteiger partial charge is 0.224 e. The number of ether oxygens (including phenoxy) is 1. The first-order chi connectivity index (χ1) is 15.6. The van der Waals surface area contributed by atoms with E-state index in [1.165, 1.54) is 12.8 Å². The molecule has 4 rings (SSSR count). The maximum absolute atomic E-state index is 12.7. The Morgan fingerprint density at radius 1 is 1.12 bits per heavy atom. The minimum atomic E-state index is 0.273. The zero-order chi connectivity index (χ0) is 22.3. The van der Waals surface area contributed by atoms with Crippen molar-refractivity contribution in [2.75, 3.05) is 17.7 Å². The van der Waals surface area contributed by atoms with E-state index in [2.05, 4.69) is 30.8 Å². The van der Waals surface area contributed by atoms with Crippen LogP contribution in [0.25, 0.3) is 0 Å². The Hall–Kier alpha value is -2.48. The van der Waals surface area contributed by atoms with Crippen molar-refractivity contribution < 1.29 is 9.53 Å². The summed E-state index contributed by atoms with van der Waals surface area (Å²) in [4.78, 5) is 21.6. The summed E-state index contributed by atoms with van der Waals surface area (Å²) in [5.41, 5.74) is 0.993. The molecule has 2 aliphatic rings. The number of aryl methyl sites for hydroxylation is 1. The molecule has 0 saturated heterocycles. The molecule has 0 spiro atoms. The van der Waals surface area contributed by atoms with Gasteiger partial charge in [-0.1, -0.05) is 12.8 Å². The molecule has 3 N–H and O–H groups in total. The summed E-state index contributed by atoms with van der Waals surface area (Å²) in [5.74, 6) is 3.42. The highest BCUT2D eigenvalue weighted by atomic mass is 16.5. The van der Waals surface area contributed by atoms with Gasteiger partial charge in [-0.2, -0.15) is 10.1 Å². The predicted molar refractivity (Wildman–Crippen MR) is 125 cm³/mol. The van der Waals surface area contributed by atoms with Crippen molar-refractivity contribution in [2.45, 2.75) is 83.3 Å². The third kappa shape index (κ3) is 6.28. The normalized spacial score (nSPS) is 25.9. The lowest BCUT2D eigenvalue weighted by atomic mass is 9.79. The van der Waals surface area contributed by atoms with Gasteiger partial charge >= 0.3 is 0 Å². The van der Waals surface area contributed by atoms with E-state index in [0.717, 1.165) is 56.5 Å². The van der Waals surface area contributed by atoms with E-state index < -0.39 is 0 Å². The second kappa shape index (κ2) is 10.9. The lowest BCUT2D eigenvalue weighted by Crippen LogP contribution is -2.30. The molecule has 0 radical (unpaired) electrons. The van der Waals surface area contributed by atoms with Crippen molar-refractivity contribution in [1.82, 2.24) is 20.2 Å². The molecular weight excluding hydrogens is 404 g/mol. The molecule has 8 nitrogen and oxygen atoms in total. The molecule has 2 aliphatic carbocycles. The number of rotatable bonds is 9. The van der Waals surface area contributed by atoms with Gasteiger partial charge in [-0.15, -0.1) is 0 Å². The quantitative estimate of drug-likeness (QED) is 0.515. The van der Waals surface area contributed by atoms with Crippen LogP contribution >= 0.6 is 0 Å². The van der Waals surface area contributed by atoms with Crippen LogP contribution in [0, 0.1) is 18.8 Å². The zero-order valence-electron chi connectivity index (χ0n) is 19.3. The Kier molecular flexibility index (Phi) is 7.73. The molecule has 2 atom stereocenters. The Morgan fingerprint density at radius 3 is 2.69 bits per heavy atom. The van der Waals surface area contributed by atoms with Gasteiger partial charge in [0, 0.05) is 44.0 Å². The fraction of sp³-hybridized carbons (Fsp3) is 0.667. The Labute approximate surface area is 190 Å². The fourth-order valence-corrected chi connectivity index (χ4v) is 5.22. The second-order valence-electron chi connectivity index (χ2n) is 9.45. The lowest BCUT2D eigenvalue weighted by molar-refractivity contribution is -0.122. The molecule has 2 aromatic heterocycles. The first-order valence-corrected chi connectivity index (χ1v) is 12.0. The summed E-state index contributed by atoms with van der Waals surface area (Å²) in [6.45, 7) is 1.96. The molecule has 2 heterocycles. The summed E-state index contributed by atoms with van der Waals surface area (Å²) >= 11 is 0. The monoisotopic (exact) mass is 440 g/mol. The molecular formula is C24H36N6O2. The van der Waals surface area contributed by atoms with Crippen LogP contribution in [0.3, 0.4) is 0 Å². The van der Waals surface area contributed by atoms with Gasteiger partial charge in [-0.05, 0) is 63.4 Å². The number of carbonyl (C=O) groups excluding carboxylic acids is 1. The van der Waals surface area contributed by atoms with Crippen molar-refractivity contribution in [3.05, 3.63) is 24.0 Å². The van der Waals surface area contributed by atoms with Crippen LogP contribution in [0.15, 0.2) is 18.3 Å². The van der Waals surface area contributed by atoms with E-state index in [-0.39, 0.29) is 6.10 Å².